The van der Waals surface area contributed by atoms with Gasteiger partial charge in [-0.3, -0.25) is 14.9 Å². The fourth-order valence-electron chi connectivity index (χ4n) is 3.23. The average molecular weight is 383 g/mol. The maximum absolute atomic E-state index is 12.9. The number of aryl methyl sites for hydroxylation is 1. The van der Waals surface area contributed by atoms with E-state index in [0.29, 0.717) is 43.2 Å². The Morgan fingerprint density at radius 3 is 2.54 bits per heavy atom. The highest BCUT2D eigenvalue weighted by atomic mass is 16.6. The molecule has 0 unspecified atom stereocenters. The van der Waals surface area contributed by atoms with Gasteiger partial charge in [-0.25, -0.2) is 0 Å². The molecule has 1 saturated heterocycles. The van der Waals surface area contributed by atoms with Gasteiger partial charge in [0.1, 0.15) is 0 Å². The van der Waals surface area contributed by atoms with Crippen LogP contribution in [0.2, 0.25) is 0 Å². The van der Waals surface area contributed by atoms with Crippen molar-refractivity contribution in [1.29, 1.82) is 0 Å². The van der Waals surface area contributed by atoms with Crippen molar-refractivity contribution >= 4 is 23.0 Å². The highest BCUT2D eigenvalue weighted by Gasteiger charge is 2.22. The first-order chi connectivity index (χ1) is 13.6. The summed E-state index contributed by atoms with van der Waals surface area (Å²) in [4.78, 5) is 25.6. The average Bonchev–Trinajstić information content (AvgIpc) is 2.73. The summed E-state index contributed by atoms with van der Waals surface area (Å²) in [5.74, 6) is -0.355. The number of hydrogen-bond donors (Lipinski definition) is 1. The van der Waals surface area contributed by atoms with Crippen LogP contribution in [0.1, 0.15) is 35.7 Å². The molecule has 0 bridgehead atoms. The van der Waals surface area contributed by atoms with Gasteiger partial charge in [-0.1, -0.05) is 25.5 Å². The van der Waals surface area contributed by atoms with E-state index in [9.17, 15) is 14.9 Å². The molecule has 0 aromatic heterocycles. The van der Waals surface area contributed by atoms with Crippen molar-refractivity contribution < 1.29 is 14.5 Å². The van der Waals surface area contributed by atoms with Crippen molar-refractivity contribution in [3.8, 4) is 0 Å². The molecule has 28 heavy (non-hydrogen) atoms. The first-order valence-corrected chi connectivity index (χ1v) is 9.60. The van der Waals surface area contributed by atoms with Crippen LogP contribution in [0, 0.1) is 10.1 Å². The number of nitrogens with one attached hydrogen (secondary N) is 1. The third-order valence-corrected chi connectivity index (χ3v) is 4.82. The van der Waals surface area contributed by atoms with E-state index in [1.165, 1.54) is 17.7 Å². The van der Waals surface area contributed by atoms with Crippen LogP contribution in [0.15, 0.2) is 42.5 Å². The van der Waals surface area contributed by atoms with Gasteiger partial charge in [-0.05, 0) is 36.6 Å². The van der Waals surface area contributed by atoms with Gasteiger partial charge in [-0.15, -0.1) is 0 Å². The molecule has 1 heterocycles. The number of carbonyl (C=O) groups is 1. The Hall–Kier alpha value is -2.93. The fraction of sp³-hybridized carbons (Fsp3) is 0.381. The largest absolute Gasteiger partial charge is 0.378 e. The Balaban J connectivity index is 1.82. The Bertz CT molecular complexity index is 830. The quantitative estimate of drug-likeness (QED) is 0.576. The van der Waals surface area contributed by atoms with Gasteiger partial charge in [0, 0.05) is 30.9 Å². The second-order valence-corrected chi connectivity index (χ2v) is 6.81. The van der Waals surface area contributed by atoms with Gasteiger partial charge < -0.3 is 15.0 Å². The number of anilines is 2. The molecule has 1 amide bonds. The Morgan fingerprint density at radius 1 is 1.18 bits per heavy atom. The lowest BCUT2D eigenvalue weighted by atomic mass is 10.1. The lowest BCUT2D eigenvalue weighted by molar-refractivity contribution is -0.384. The molecule has 1 aliphatic rings. The Kier molecular flexibility index (Phi) is 6.60. The van der Waals surface area contributed by atoms with Crippen LogP contribution in [0.3, 0.4) is 0 Å². The van der Waals surface area contributed by atoms with Gasteiger partial charge in [0.15, 0.2) is 0 Å². The topological polar surface area (TPSA) is 84.7 Å². The number of benzene rings is 2. The van der Waals surface area contributed by atoms with Gasteiger partial charge in [-0.2, -0.15) is 0 Å². The molecule has 2 aromatic carbocycles. The highest BCUT2D eigenvalue weighted by molar-refractivity contribution is 6.08. The lowest BCUT2D eigenvalue weighted by Crippen LogP contribution is -2.37. The van der Waals surface area contributed by atoms with E-state index in [4.69, 9.17) is 4.74 Å². The van der Waals surface area contributed by atoms with Crippen molar-refractivity contribution in [3.05, 3.63) is 63.7 Å². The number of ether oxygens (including phenoxy) is 1. The van der Waals surface area contributed by atoms with Crippen LogP contribution in [0.4, 0.5) is 17.1 Å². The summed E-state index contributed by atoms with van der Waals surface area (Å²) in [6, 6.07) is 12.2. The molecular formula is C21H25N3O4. The summed E-state index contributed by atoms with van der Waals surface area (Å²) in [5.41, 5.74) is 2.78. The minimum atomic E-state index is -0.484. The number of rotatable bonds is 7. The van der Waals surface area contributed by atoms with Gasteiger partial charge >= 0.3 is 0 Å². The number of nitro benzene ring substituents is 1. The van der Waals surface area contributed by atoms with E-state index >= 15 is 0 Å². The van der Waals surface area contributed by atoms with Crippen molar-refractivity contribution in [2.75, 3.05) is 36.5 Å². The minimum Gasteiger partial charge on any atom is -0.378 e. The molecule has 7 nitrogen and oxygen atoms in total. The molecule has 2 aromatic rings. The van der Waals surface area contributed by atoms with E-state index in [1.807, 2.05) is 29.2 Å². The normalized spacial score (nSPS) is 14.0. The summed E-state index contributed by atoms with van der Waals surface area (Å²) < 4.78 is 5.37. The van der Waals surface area contributed by atoms with E-state index in [2.05, 4.69) is 12.2 Å². The molecule has 148 valence electrons. The van der Waals surface area contributed by atoms with E-state index in [1.54, 1.807) is 6.07 Å². The molecule has 7 heteroatoms. The minimum absolute atomic E-state index is 0.0999. The van der Waals surface area contributed by atoms with Gasteiger partial charge in [0.05, 0.1) is 29.4 Å². The molecule has 0 saturated carbocycles. The first-order valence-electron chi connectivity index (χ1n) is 9.60. The number of hydrogen-bond acceptors (Lipinski definition) is 5. The number of carbonyl (C=O) groups excluding carboxylic acids is 1. The molecule has 1 N–H and O–H groups in total. The maximum atomic E-state index is 12.9. The number of amides is 1. The summed E-state index contributed by atoms with van der Waals surface area (Å²) in [7, 11) is 0. The molecule has 0 atom stereocenters. The van der Waals surface area contributed by atoms with Crippen LogP contribution in [0.5, 0.6) is 0 Å². The van der Waals surface area contributed by atoms with Crippen molar-refractivity contribution in [2.24, 2.45) is 0 Å². The fourth-order valence-corrected chi connectivity index (χ4v) is 3.23. The summed E-state index contributed by atoms with van der Waals surface area (Å²) in [6.45, 7) is 4.57. The number of non-ortho nitro benzene ring substituents is 1. The second kappa shape index (κ2) is 9.32. The molecule has 0 radical (unpaired) electrons. The number of nitro groups is 1. The summed E-state index contributed by atoms with van der Waals surface area (Å²) in [6.07, 6.45) is 3.27. The number of unbranched alkanes of at least 4 members (excludes halogenated alkanes) is 1. The van der Waals surface area contributed by atoms with Crippen molar-refractivity contribution in [1.82, 2.24) is 0 Å². The Labute approximate surface area is 164 Å². The van der Waals surface area contributed by atoms with Gasteiger partial charge in [0.2, 0.25) is 0 Å². The van der Waals surface area contributed by atoms with E-state index < -0.39 is 4.92 Å². The molecule has 1 aliphatic heterocycles. The van der Waals surface area contributed by atoms with Crippen LogP contribution in [0.25, 0.3) is 0 Å². The molecule has 0 spiro atoms. The smallest absolute Gasteiger partial charge is 0.270 e. The second-order valence-electron chi connectivity index (χ2n) is 6.81. The Morgan fingerprint density at radius 2 is 1.89 bits per heavy atom. The summed E-state index contributed by atoms with van der Waals surface area (Å²) in [5, 5.41) is 14.1. The van der Waals surface area contributed by atoms with Crippen molar-refractivity contribution in [2.45, 2.75) is 26.2 Å². The third kappa shape index (κ3) is 4.86. The molecule has 3 rings (SSSR count). The number of morpholine rings is 1. The monoisotopic (exact) mass is 383 g/mol. The lowest BCUT2D eigenvalue weighted by Gasteiger charge is -2.30. The van der Waals surface area contributed by atoms with E-state index in [0.717, 1.165) is 19.3 Å². The third-order valence-electron chi connectivity index (χ3n) is 4.82. The highest BCUT2D eigenvalue weighted by Crippen LogP contribution is 2.27. The molecule has 1 fully saturated rings. The standard InChI is InChI=1S/C21H25N3O4/c1-2-3-4-16-5-7-17(8-6-16)22-21(25)19-15-18(24(26)27)9-10-20(19)23-11-13-28-14-12-23/h5-10,15H,2-4,11-14H2,1H3,(H,22,25). The van der Waals surface area contributed by atoms with Crippen LogP contribution in [-0.2, 0) is 11.2 Å². The van der Waals surface area contributed by atoms with Crippen LogP contribution in [-0.4, -0.2) is 37.1 Å². The molecular weight excluding hydrogens is 358 g/mol. The first kappa shape index (κ1) is 19.8. The van der Waals surface area contributed by atoms with E-state index in [-0.39, 0.29) is 11.6 Å². The predicted molar refractivity (Wildman–Crippen MR) is 109 cm³/mol. The van der Waals surface area contributed by atoms with Gasteiger partial charge in [0.25, 0.3) is 11.6 Å². The zero-order valence-corrected chi connectivity index (χ0v) is 16.0. The number of nitrogens with zero attached hydrogens (tertiary/aromatic N) is 2. The zero-order chi connectivity index (χ0) is 19.9. The SMILES string of the molecule is CCCCc1ccc(NC(=O)c2cc([N+](=O)[O-])ccc2N2CCOCC2)cc1. The van der Waals surface area contributed by atoms with Crippen LogP contribution >= 0.6 is 0 Å². The zero-order valence-electron chi connectivity index (χ0n) is 16.0. The van der Waals surface area contributed by atoms with Crippen molar-refractivity contribution in [3.63, 3.8) is 0 Å². The maximum Gasteiger partial charge on any atom is 0.270 e. The molecule has 0 aliphatic carbocycles. The predicted octanol–water partition coefficient (Wildman–Crippen LogP) is 4.03. The summed E-state index contributed by atoms with van der Waals surface area (Å²) >= 11 is 0. The van der Waals surface area contributed by atoms with Crippen LogP contribution < -0.4 is 10.2 Å².